The van der Waals surface area contributed by atoms with Gasteiger partial charge in [-0.25, -0.2) is 4.79 Å². The lowest BCUT2D eigenvalue weighted by molar-refractivity contribution is -0.151. The maximum Gasteiger partial charge on any atom is 0.332 e. The van der Waals surface area contributed by atoms with Gasteiger partial charge in [0.15, 0.2) is 0 Å². The average molecular weight is 415 g/mol. The minimum absolute atomic E-state index is 0.0277. The van der Waals surface area contributed by atoms with E-state index in [1.807, 2.05) is 37.3 Å². The van der Waals surface area contributed by atoms with Gasteiger partial charge in [-0.1, -0.05) is 57.2 Å². The van der Waals surface area contributed by atoms with Crippen LogP contribution in [0.25, 0.3) is 0 Å². The van der Waals surface area contributed by atoms with Gasteiger partial charge in [-0.3, -0.25) is 9.69 Å². The standard InChI is InChI=1S/C25H38N2O3/c1-3-23(28)27(22-14-10-7-11-15-22)25(24(29)30-2)16-18-26(19-17-25)20-21-12-8-5-4-6-9-13-21/h7,10-11,14-15,21H,3-6,8-9,12-13,16-20H2,1-2H3. The van der Waals surface area contributed by atoms with E-state index in [2.05, 4.69) is 4.90 Å². The molecule has 3 rings (SSSR count). The number of piperidine rings is 1. The van der Waals surface area contributed by atoms with Gasteiger partial charge in [-0.05, 0) is 43.7 Å². The molecule has 30 heavy (non-hydrogen) atoms. The lowest BCUT2D eigenvalue weighted by atomic mass is 9.83. The van der Waals surface area contributed by atoms with E-state index in [-0.39, 0.29) is 11.9 Å². The van der Waals surface area contributed by atoms with Crippen molar-refractivity contribution in [1.82, 2.24) is 4.90 Å². The number of nitrogens with zero attached hydrogens (tertiary/aromatic N) is 2. The van der Waals surface area contributed by atoms with Crippen molar-refractivity contribution in [3.8, 4) is 0 Å². The fourth-order valence-electron chi connectivity index (χ4n) is 5.27. The number of carbonyl (C=O) groups excluding carboxylic acids is 2. The Bertz CT molecular complexity index is 675. The number of hydrogen-bond acceptors (Lipinski definition) is 4. The molecular formula is C25H38N2O3. The summed E-state index contributed by atoms with van der Waals surface area (Å²) in [5.41, 5.74) is -0.135. The van der Waals surface area contributed by atoms with Gasteiger partial charge in [0.2, 0.25) is 5.91 Å². The Labute approximate surface area is 181 Å². The predicted octanol–water partition coefficient (Wildman–Crippen LogP) is 4.80. The van der Waals surface area contributed by atoms with Crippen LogP contribution in [0.4, 0.5) is 5.69 Å². The van der Waals surface area contributed by atoms with E-state index in [4.69, 9.17) is 4.74 Å². The summed E-state index contributed by atoms with van der Waals surface area (Å²) in [6.07, 6.45) is 11.1. The number of carbonyl (C=O) groups is 2. The summed E-state index contributed by atoms with van der Waals surface area (Å²) in [7, 11) is 1.44. The maximum atomic E-state index is 13.1. The molecule has 0 N–H and O–H groups in total. The largest absolute Gasteiger partial charge is 0.467 e. The van der Waals surface area contributed by atoms with Crippen molar-refractivity contribution >= 4 is 17.6 Å². The highest BCUT2D eigenvalue weighted by molar-refractivity contribution is 6.02. The first-order valence-electron chi connectivity index (χ1n) is 11.8. The molecule has 5 heteroatoms. The number of anilines is 1. The molecule has 2 fully saturated rings. The molecule has 0 bridgehead atoms. The van der Waals surface area contributed by atoms with E-state index >= 15 is 0 Å². The van der Waals surface area contributed by atoms with Crippen molar-refractivity contribution in [2.45, 2.75) is 76.7 Å². The molecule has 0 aromatic heterocycles. The van der Waals surface area contributed by atoms with Gasteiger partial charge < -0.3 is 9.64 Å². The third kappa shape index (κ3) is 5.23. The molecule has 166 valence electrons. The number of esters is 1. The van der Waals surface area contributed by atoms with Gasteiger partial charge in [0.05, 0.1) is 7.11 Å². The summed E-state index contributed by atoms with van der Waals surface area (Å²) in [5.74, 6) is 0.442. The molecule has 1 amide bonds. The summed E-state index contributed by atoms with van der Waals surface area (Å²) >= 11 is 0. The van der Waals surface area contributed by atoms with Crippen LogP contribution in [0, 0.1) is 5.92 Å². The van der Waals surface area contributed by atoms with Crippen molar-refractivity contribution in [1.29, 1.82) is 0 Å². The number of para-hydroxylation sites is 1. The normalized spacial score (nSPS) is 20.7. The second-order valence-corrected chi connectivity index (χ2v) is 8.95. The Kier molecular flexibility index (Phi) is 8.32. The van der Waals surface area contributed by atoms with Gasteiger partial charge in [0, 0.05) is 31.7 Å². The third-order valence-electron chi connectivity index (χ3n) is 6.98. The van der Waals surface area contributed by atoms with Crippen molar-refractivity contribution < 1.29 is 14.3 Å². The number of amides is 1. The molecule has 1 heterocycles. The van der Waals surface area contributed by atoms with E-state index < -0.39 is 5.54 Å². The molecule has 1 saturated carbocycles. The van der Waals surface area contributed by atoms with Crippen molar-refractivity contribution in [3.05, 3.63) is 30.3 Å². The predicted molar refractivity (Wildman–Crippen MR) is 120 cm³/mol. The van der Waals surface area contributed by atoms with Crippen LogP contribution < -0.4 is 4.90 Å². The number of rotatable bonds is 6. The van der Waals surface area contributed by atoms with Crippen molar-refractivity contribution in [2.24, 2.45) is 5.92 Å². The zero-order valence-electron chi connectivity index (χ0n) is 18.8. The van der Waals surface area contributed by atoms with E-state index in [1.54, 1.807) is 4.90 Å². The van der Waals surface area contributed by atoms with Gasteiger partial charge in [-0.15, -0.1) is 0 Å². The zero-order chi connectivity index (χ0) is 21.4. The zero-order valence-corrected chi connectivity index (χ0v) is 18.8. The van der Waals surface area contributed by atoms with E-state index in [0.717, 1.165) is 31.2 Å². The van der Waals surface area contributed by atoms with Crippen LogP contribution in [0.15, 0.2) is 30.3 Å². The molecule has 0 radical (unpaired) electrons. The van der Waals surface area contributed by atoms with Crippen LogP contribution in [0.3, 0.4) is 0 Å². The molecule has 0 spiro atoms. The molecule has 1 aromatic carbocycles. The number of ether oxygens (including phenoxy) is 1. The summed E-state index contributed by atoms with van der Waals surface area (Å²) in [5, 5.41) is 0. The Morgan fingerprint density at radius 1 is 1.03 bits per heavy atom. The quantitative estimate of drug-likeness (QED) is 0.628. The minimum Gasteiger partial charge on any atom is -0.467 e. The summed E-state index contributed by atoms with van der Waals surface area (Å²) < 4.78 is 5.25. The molecular weight excluding hydrogens is 376 g/mol. The summed E-state index contributed by atoms with van der Waals surface area (Å²) in [6.45, 7) is 4.62. The van der Waals surface area contributed by atoms with Crippen LogP contribution in [-0.4, -0.2) is 49.1 Å². The van der Waals surface area contributed by atoms with Crippen molar-refractivity contribution in [2.75, 3.05) is 31.6 Å². The van der Waals surface area contributed by atoms with Gasteiger partial charge in [0.1, 0.15) is 5.54 Å². The van der Waals surface area contributed by atoms with E-state index in [1.165, 1.54) is 52.1 Å². The summed E-state index contributed by atoms with van der Waals surface area (Å²) in [4.78, 5) is 30.3. The van der Waals surface area contributed by atoms with Crippen LogP contribution in [0.5, 0.6) is 0 Å². The van der Waals surface area contributed by atoms with Crippen LogP contribution in [0.2, 0.25) is 0 Å². The molecule has 1 aliphatic carbocycles. The highest BCUT2D eigenvalue weighted by atomic mass is 16.5. The number of likely N-dealkylation sites (tertiary alicyclic amines) is 1. The monoisotopic (exact) mass is 414 g/mol. The lowest BCUT2D eigenvalue weighted by Crippen LogP contribution is -2.63. The molecule has 1 aromatic rings. The molecule has 1 aliphatic heterocycles. The average Bonchev–Trinajstić information content (AvgIpc) is 2.76. The first-order chi connectivity index (χ1) is 14.6. The van der Waals surface area contributed by atoms with Gasteiger partial charge in [-0.2, -0.15) is 0 Å². The second kappa shape index (κ2) is 10.9. The van der Waals surface area contributed by atoms with Gasteiger partial charge in [0.25, 0.3) is 0 Å². The molecule has 5 nitrogen and oxygen atoms in total. The molecule has 2 aliphatic rings. The van der Waals surface area contributed by atoms with Crippen LogP contribution in [0.1, 0.15) is 71.1 Å². The number of methoxy groups -OCH3 is 1. The third-order valence-corrected chi connectivity index (χ3v) is 6.98. The highest BCUT2D eigenvalue weighted by Gasteiger charge is 2.49. The van der Waals surface area contributed by atoms with Crippen LogP contribution >= 0.6 is 0 Å². The van der Waals surface area contributed by atoms with Crippen LogP contribution in [-0.2, 0) is 14.3 Å². The molecule has 0 unspecified atom stereocenters. The smallest absolute Gasteiger partial charge is 0.332 e. The maximum absolute atomic E-state index is 13.1. The number of hydrogen-bond donors (Lipinski definition) is 0. The highest BCUT2D eigenvalue weighted by Crippen LogP contribution is 2.36. The van der Waals surface area contributed by atoms with Crippen molar-refractivity contribution in [3.63, 3.8) is 0 Å². The Balaban J connectivity index is 1.76. The summed E-state index contributed by atoms with van der Waals surface area (Å²) in [6, 6.07) is 9.60. The minimum atomic E-state index is -0.916. The SMILES string of the molecule is CCC(=O)N(c1ccccc1)C1(C(=O)OC)CCN(CC2CCCCCCC2)CC1. The fourth-order valence-corrected chi connectivity index (χ4v) is 5.27. The first kappa shape index (κ1) is 22.8. The van der Waals surface area contributed by atoms with E-state index in [0.29, 0.717) is 19.3 Å². The molecule has 0 atom stereocenters. The first-order valence-corrected chi connectivity index (χ1v) is 11.8. The number of benzene rings is 1. The van der Waals surface area contributed by atoms with Gasteiger partial charge >= 0.3 is 5.97 Å². The Hall–Kier alpha value is -1.88. The fraction of sp³-hybridized carbons (Fsp3) is 0.680. The topological polar surface area (TPSA) is 49.9 Å². The molecule has 1 saturated heterocycles. The Morgan fingerprint density at radius 2 is 1.63 bits per heavy atom. The Morgan fingerprint density at radius 3 is 2.20 bits per heavy atom. The second-order valence-electron chi connectivity index (χ2n) is 8.95. The lowest BCUT2D eigenvalue weighted by Gasteiger charge is -2.47. The van der Waals surface area contributed by atoms with E-state index in [9.17, 15) is 9.59 Å².